The van der Waals surface area contributed by atoms with Crippen LogP contribution in [0.5, 0.6) is 0 Å². The molecule has 0 fully saturated rings. The minimum absolute atomic E-state index is 0.219. The number of nitrogens with zero attached hydrogens (tertiary/aromatic N) is 1. The van der Waals surface area contributed by atoms with Gasteiger partial charge in [0.15, 0.2) is 0 Å². The summed E-state index contributed by atoms with van der Waals surface area (Å²) < 4.78 is 27.0. The van der Waals surface area contributed by atoms with E-state index in [9.17, 15) is 13.2 Å². The summed E-state index contributed by atoms with van der Waals surface area (Å²) in [4.78, 5) is 12.3. The van der Waals surface area contributed by atoms with Gasteiger partial charge in [-0.15, -0.1) is 11.3 Å². The van der Waals surface area contributed by atoms with Gasteiger partial charge in [-0.05, 0) is 53.9 Å². The van der Waals surface area contributed by atoms with Gasteiger partial charge in [-0.1, -0.05) is 12.1 Å². The number of rotatable bonds is 5. The van der Waals surface area contributed by atoms with Crippen LogP contribution in [0.3, 0.4) is 0 Å². The van der Waals surface area contributed by atoms with Gasteiger partial charge in [-0.3, -0.25) is 9.52 Å². The van der Waals surface area contributed by atoms with Crippen molar-refractivity contribution in [3.05, 3.63) is 77.2 Å². The van der Waals surface area contributed by atoms with Gasteiger partial charge >= 0.3 is 0 Å². The predicted octanol–water partition coefficient (Wildman–Crippen LogP) is 3.67. The zero-order valence-corrected chi connectivity index (χ0v) is 15.0. The van der Waals surface area contributed by atoms with Crippen LogP contribution < -0.4 is 10.0 Å². The zero-order chi connectivity index (χ0) is 18.6. The van der Waals surface area contributed by atoms with Gasteiger partial charge in [0.1, 0.15) is 4.21 Å². The fourth-order valence-corrected chi connectivity index (χ4v) is 4.23. The lowest BCUT2D eigenvalue weighted by atomic mass is 10.1. The Labute approximate surface area is 154 Å². The number of hydrogen-bond donors (Lipinski definition) is 2. The maximum absolute atomic E-state index is 12.3. The molecule has 1 amide bonds. The van der Waals surface area contributed by atoms with E-state index in [4.69, 9.17) is 5.26 Å². The molecule has 0 aliphatic carbocycles. The first-order valence-corrected chi connectivity index (χ1v) is 9.82. The van der Waals surface area contributed by atoms with Crippen molar-refractivity contribution in [3.8, 4) is 6.07 Å². The number of hydrogen-bond acceptors (Lipinski definition) is 5. The second-order valence-corrected chi connectivity index (χ2v) is 8.12. The van der Waals surface area contributed by atoms with Crippen LogP contribution in [0.2, 0.25) is 0 Å². The van der Waals surface area contributed by atoms with Crippen LogP contribution in [0.4, 0.5) is 11.4 Å². The number of nitriles is 1. The fourth-order valence-electron chi connectivity index (χ4n) is 2.18. The molecule has 0 radical (unpaired) electrons. The summed E-state index contributed by atoms with van der Waals surface area (Å²) in [7, 11) is -3.62. The summed E-state index contributed by atoms with van der Waals surface area (Å²) in [5.41, 5.74) is 1.69. The van der Waals surface area contributed by atoms with Crippen LogP contribution in [0, 0.1) is 11.3 Å². The molecule has 3 rings (SSSR count). The summed E-state index contributed by atoms with van der Waals surface area (Å²) >= 11 is 1.12. The molecule has 0 saturated carbocycles. The Morgan fingerprint density at radius 1 is 1.00 bits per heavy atom. The van der Waals surface area contributed by atoms with E-state index >= 15 is 0 Å². The average Bonchev–Trinajstić information content (AvgIpc) is 3.18. The Kier molecular flexibility index (Phi) is 5.02. The maximum atomic E-state index is 12.3. The number of carbonyl (C=O) groups excluding carboxylic acids is 1. The summed E-state index contributed by atoms with van der Waals surface area (Å²) in [6.07, 6.45) is 0. The van der Waals surface area contributed by atoms with Gasteiger partial charge < -0.3 is 5.32 Å². The summed E-state index contributed by atoms with van der Waals surface area (Å²) in [6, 6.07) is 17.8. The van der Waals surface area contributed by atoms with Crippen molar-refractivity contribution in [2.75, 3.05) is 10.0 Å². The number of anilines is 2. The molecular formula is C18H13N3O3S2. The number of benzene rings is 2. The van der Waals surface area contributed by atoms with E-state index in [1.54, 1.807) is 35.7 Å². The van der Waals surface area contributed by atoms with Crippen LogP contribution in [-0.4, -0.2) is 14.3 Å². The highest BCUT2D eigenvalue weighted by Crippen LogP contribution is 2.21. The third-order valence-electron chi connectivity index (χ3n) is 3.41. The third kappa shape index (κ3) is 4.08. The lowest BCUT2D eigenvalue weighted by molar-refractivity contribution is 0.102. The molecule has 1 aromatic heterocycles. The Morgan fingerprint density at radius 3 is 2.42 bits per heavy atom. The van der Waals surface area contributed by atoms with Gasteiger partial charge in [0, 0.05) is 16.9 Å². The fraction of sp³-hybridized carbons (Fsp3) is 0. The molecule has 26 heavy (non-hydrogen) atoms. The van der Waals surface area contributed by atoms with Crippen LogP contribution in [-0.2, 0) is 10.0 Å². The monoisotopic (exact) mass is 383 g/mol. The Balaban J connectivity index is 1.71. The number of nitrogens with one attached hydrogen (secondary N) is 2. The molecule has 0 aliphatic rings. The Hall–Kier alpha value is -3.15. The first kappa shape index (κ1) is 17.7. The molecule has 1 heterocycles. The van der Waals surface area contributed by atoms with E-state index in [1.807, 2.05) is 6.07 Å². The highest BCUT2D eigenvalue weighted by atomic mass is 32.2. The minimum Gasteiger partial charge on any atom is -0.322 e. The highest BCUT2D eigenvalue weighted by molar-refractivity contribution is 7.94. The molecule has 0 atom stereocenters. The molecule has 2 aromatic carbocycles. The largest absolute Gasteiger partial charge is 0.322 e. The zero-order valence-electron chi connectivity index (χ0n) is 13.3. The number of sulfonamides is 1. The van der Waals surface area contributed by atoms with Crippen molar-refractivity contribution in [1.82, 2.24) is 0 Å². The summed E-state index contributed by atoms with van der Waals surface area (Å²) in [6.45, 7) is 0. The molecule has 8 heteroatoms. The number of amides is 1. The molecule has 0 unspecified atom stereocenters. The second-order valence-electron chi connectivity index (χ2n) is 5.26. The molecular weight excluding hydrogens is 370 g/mol. The quantitative estimate of drug-likeness (QED) is 0.702. The van der Waals surface area contributed by atoms with E-state index in [1.165, 1.54) is 30.3 Å². The Bertz CT molecular complexity index is 1070. The van der Waals surface area contributed by atoms with Gasteiger partial charge in [0.05, 0.1) is 11.6 Å². The van der Waals surface area contributed by atoms with E-state index in [2.05, 4.69) is 10.0 Å². The van der Waals surface area contributed by atoms with Crippen molar-refractivity contribution in [3.63, 3.8) is 0 Å². The lowest BCUT2D eigenvalue weighted by Crippen LogP contribution is -2.13. The van der Waals surface area contributed by atoms with E-state index in [-0.39, 0.29) is 10.1 Å². The standard InChI is InChI=1S/C18H13N3O3S2/c19-12-13-3-1-4-16(11-13)20-18(22)14-6-8-15(9-7-14)21-26(23,24)17-5-2-10-25-17/h1-11,21H,(H,20,22). The topological polar surface area (TPSA) is 99.1 Å². The van der Waals surface area contributed by atoms with Crippen molar-refractivity contribution in [2.45, 2.75) is 4.21 Å². The smallest absolute Gasteiger partial charge is 0.271 e. The lowest BCUT2D eigenvalue weighted by Gasteiger charge is -2.08. The molecule has 3 aromatic rings. The molecule has 130 valence electrons. The van der Waals surface area contributed by atoms with E-state index in [0.717, 1.165) is 11.3 Å². The van der Waals surface area contributed by atoms with E-state index < -0.39 is 10.0 Å². The summed E-state index contributed by atoms with van der Waals surface area (Å²) in [5.74, 6) is -0.354. The molecule has 0 aliphatic heterocycles. The van der Waals surface area contributed by atoms with Crippen LogP contribution in [0.1, 0.15) is 15.9 Å². The molecule has 0 spiro atoms. The van der Waals surface area contributed by atoms with Gasteiger partial charge in [-0.25, -0.2) is 8.42 Å². The van der Waals surface area contributed by atoms with Crippen LogP contribution in [0.15, 0.2) is 70.3 Å². The molecule has 0 bridgehead atoms. The Morgan fingerprint density at radius 2 is 1.77 bits per heavy atom. The first-order valence-electron chi connectivity index (χ1n) is 7.46. The van der Waals surface area contributed by atoms with Crippen LogP contribution in [0.25, 0.3) is 0 Å². The number of carbonyl (C=O) groups is 1. The molecule has 0 saturated heterocycles. The van der Waals surface area contributed by atoms with Crippen molar-refractivity contribution in [2.24, 2.45) is 0 Å². The number of thiophene rings is 1. The normalized spacial score (nSPS) is 10.7. The summed E-state index contributed by atoms with van der Waals surface area (Å²) in [5, 5.41) is 13.3. The van der Waals surface area contributed by atoms with Crippen molar-refractivity contribution >= 4 is 38.6 Å². The third-order valence-corrected chi connectivity index (χ3v) is 6.19. The van der Waals surface area contributed by atoms with Crippen molar-refractivity contribution < 1.29 is 13.2 Å². The second kappa shape index (κ2) is 7.39. The van der Waals surface area contributed by atoms with Gasteiger partial charge in [0.25, 0.3) is 15.9 Å². The predicted molar refractivity (Wildman–Crippen MR) is 101 cm³/mol. The minimum atomic E-state index is -3.62. The first-order chi connectivity index (χ1) is 12.5. The van der Waals surface area contributed by atoms with Gasteiger partial charge in [0.2, 0.25) is 0 Å². The van der Waals surface area contributed by atoms with E-state index in [0.29, 0.717) is 22.5 Å². The van der Waals surface area contributed by atoms with Gasteiger partial charge in [-0.2, -0.15) is 5.26 Å². The average molecular weight is 383 g/mol. The SMILES string of the molecule is N#Cc1cccc(NC(=O)c2ccc(NS(=O)(=O)c3cccs3)cc2)c1. The maximum Gasteiger partial charge on any atom is 0.271 e. The molecule has 2 N–H and O–H groups in total. The van der Waals surface area contributed by atoms with Crippen molar-refractivity contribution in [1.29, 1.82) is 5.26 Å². The highest BCUT2D eigenvalue weighted by Gasteiger charge is 2.15. The molecule has 6 nitrogen and oxygen atoms in total. The van der Waals surface area contributed by atoms with Crippen LogP contribution >= 0.6 is 11.3 Å².